The highest BCUT2D eigenvalue weighted by atomic mass is 16.7. The van der Waals surface area contributed by atoms with Crippen LogP contribution in [-0.2, 0) is 0 Å². The summed E-state index contributed by atoms with van der Waals surface area (Å²) < 4.78 is 17.4. The highest BCUT2D eigenvalue weighted by molar-refractivity contribution is 5.54. The van der Waals surface area contributed by atoms with Crippen LogP contribution in [0, 0.1) is 0 Å². The molecule has 3 aliphatic rings. The van der Waals surface area contributed by atoms with E-state index < -0.39 is 0 Å². The smallest absolute Gasteiger partial charge is 0.231 e. The van der Waals surface area contributed by atoms with Gasteiger partial charge in [-0.05, 0) is 38.3 Å². The average Bonchev–Trinajstić information content (AvgIpc) is 3.06. The molecule has 0 bridgehead atoms. The summed E-state index contributed by atoms with van der Waals surface area (Å²) in [6.45, 7) is 3.44. The molecule has 1 aliphatic carbocycles. The molecule has 1 fully saturated rings. The Morgan fingerprint density at radius 2 is 1.90 bits per heavy atom. The summed E-state index contributed by atoms with van der Waals surface area (Å²) in [5.74, 6) is 2.64. The summed E-state index contributed by atoms with van der Waals surface area (Å²) in [5.41, 5.74) is 1.25. The van der Waals surface area contributed by atoms with E-state index in [2.05, 4.69) is 18.3 Å². The summed E-state index contributed by atoms with van der Waals surface area (Å²) >= 11 is 0. The van der Waals surface area contributed by atoms with Crippen LogP contribution < -0.4 is 19.5 Å². The van der Waals surface area contributed by atoms with Gasteiger partial charge in [0.25, 0.3) is 0 Å². The average molecular weight is 275 g/mol. The van der Waals surface area contributed by atoms with Gasteiger partial charge in [-0.1, -0.05) is 6.92 Å². The molecular weight excluding hydrogens is 254 g/mol. The van der Waals surface area contributed by atoms with E-state index in [1.54, 1.807) is 0 Å². The van der Waals surface area contributed by atoms with Crippen molar-refractivity contribution in [3.63, 3.8) is 0 Å². The predicted molar refractivity (Wildman–Crippen MR) is 75.4 cm³/mol. The van der Waals surface area contributed by atoms with Gasteiger partial charge in [0.1, 0.15) is 11.4 Å². The predicted octanol–water partition coefficient (Wildman–Crippen LogP) is 3.16. The second kappa shape index (κ2) is 4.55. The lowest BCUT2D eigenvalue weighted by Gasteiger charge is -2.40. The largest absolute Gasteiger partial charge is 0.487 e. The van der Waals surface area contributed by atoms with Crippen molar-refractivity contribution in [1.82, 2.24) is 5.32 Å². The molecule has 2 heterocycles. The second-order valence-electron chi connectivity index (χ2n) is 6.05. The minimum absolute atomic E-state index is 0.0353. The van der Waals surface area contributed by atoms with Crippen LogP contribution >= 0.6 is 0 Å². The van der Waals surface area contributed by atoms with Gasteiger partial charge in [0.2, 0.25) is 6.79 Å². The van der Waals surface area contributed by atoms with Crippen LogP contribution in [-0.4, -0.2) is 18.9 Å². The number of fused-ring (bicyclic) bond motifs is 2. The van der Waals surface area contributed by atoms with Gasteiger partial charge in [-0.15, -0.1) is 0 Å². The van der Waals surface area contributed by atoms with Crippen molar-refractivity contribution >= 4 is 0 Å². The van der Waals surface area contributed by atoms with E-state index in [1.165, 1.54) is 31.2 Å². The molecule has 1 N–H and O–H groups in total. The van der Waals surface area contributed by atoms with Crippen LogP contribution in [0.25, 0.3) is 0 Å². The first kappa shape index (κ1) is 12.3. The Bertz CT molecular complexity index is 523. The van der Waals surface area contributed by atoms with E-state index in [0.29, 0.717) is 12.8 Å². The maximum atomic E-state index is 6.41. The van der Waals surface area contributed by atoms with Crippen LogP contribution in [0.5, 0.6) is 17.2 Å². The molecule has 1 saturated carbocycles. The minimum atomic E-state index is 0.0353. The maximum absolute atomic E-state index is 6.41. The van der Waals surface area contributed by atoms with Gasteiger partial charge in [0.05, 0.1) is 0 Å². The molecule has 0 radical (unpaired) electrons. The molecule has 4 heteroatoms. The zero-order valence-electron chi connectivity index (χ0n) is 11.9. The fourth-order valence-corrected chi connectivity index (χ4v) is 3.81. The van der Waals surface area contributed by atoms with Gasteiger partial charge in [-0.25, -0.2) is 0 Å². The maximum Gasteiger partial charge on any atom is 0.231 e. The second-order valence-corrected chi connectivity index (χ2v) is 6.05. The third-order valence-corrected chi connectivity index (χ3v) is 4.75. The Hall–Kier alpha value is -1.42. The van der Waals surface area contributed by atoms with Gasteiger partial charge in [-0.2, -0.15) is 0 Å². The molecule has 108 valence electrons. The van der Waals surface area contributed by atoms with E-state index in [4.69, 9.17) is 14.2 Å². The van der Waals surface area contributed by atoms with Crippen molar-refractivity contribution in [3.8, 4) is 17.2 Å². The fraction of sp³-hybridized carbons (Fsp3) is 0.625. The number of hydrogen-bond acceptors (Lipinski definition) is 4. The van der Waals surface area contributed by atoms with E-state index in [0.717, 1.165) is 30.2 Å². The number of nitrogens with one attached hydrogen (secondary N) is 1. The van der Waals surface area contributed by atoms with Crippen LogP contribution in [0.1, 0.15) is 50.6 Å². The van der Waals surface area contributed by atoms with Crippen LogP contribution in [0.2, 0.25) is 0 Å². The normalized spacial score (nSPS) is 25.6. The van der Waals surface area contributed by atoms with Crippen LogP contribution in [0.4, 0.5) is 0 Å². The summed E-state index contributed by atoms with van der Waals surface area (Å²) in [6, 6.07) is 4.46. The first-order chi connectivity index (χ1) is 9.80. The summed E-state index contributed by atoms with van der Waals surface area (Å²) in [4.78, 5) is 0. The van der Waals surface area contributed by atoms with Crippen LogP contribution in [0.15, 0.2) is 12.1 Å². The van der Waals surface area contributed by atoms with Crippen LogP contribution in [0.3, 0.4) is 0 Å². The van der Waals surface area contributed by atoms with Crippen molar-refractivity contribution in [2.45, 2.75) is 50.7 Å². The quantitative estimate of drug-likeness (QED) is 0.900. The lowest BCUT2D eigenvalue weighted by molar-refractivity contribution is 0.0369. The first-order valence-electron chi connectivity index (χ1n) is 7.66. The molecular formula is C16H21NO3. The molecule has 4 rings (SSSR count). The molecule has 4 nitrogen and oxygen atoms in total. The van der Waals surface area contributed by atoms with Crippen molar-refractivity contribution in [1.29, 1.82) is 0 Å². The minimum Gasteiger partial charge on any atom is -0.487 e. The summed E-state index contributed by atoms with van der Waals surface area (Å²) in [6.07, 6.45) is 5.95. The number of benzene rings is 1. The summed E-state index contributed by atoms with van der Waals surface area (Å²) in [7, 11) is 0. The number of rotatable bonds is 2. The number of hydrogen-bond donors (Lipinski definition) is 1. The summed E-state index contributed by atoms with van der Waals surface area (Å²) in [5, 5.41) is 3.61. The van der Waals surface area contributed by atoms with Crippen molar-refractivity contribution < 1.29 is 14.2 Å². The van der Waals surface area contributed by atoms with Gasteiger partial charge in [0, 0.05) is 24.1 Å². The molecule has 1 unspecified atom stereocenters. The van der Waals surface area contributed by atoms with E-state index >= 15 is 0 Å². The molecule has 0 saturated heterocycles. The Morgan fingerprint density at radius 3 is 2.65 bits per heavy atom. The Kier molecular flexibility index (Phi) is 2.81. The first-order valence-corrected chi connectivity index (χ1v) is 7.66. The van der Waals surface area contributed by atoms with Gasteiger partial charge >= 0.3 is 0 Å². The van der Waals surface area contributed by atoms with Crippen molar-refractivity contribution in [2.75, 3.05) is 13.3 Å². The van der Waals surface area contributed by atoms with E-state index in [-0.39, 0.29) is 5.60 Å². The number of ether oxygens (including phenoxy) is 3. The lowest BCUT2D eigenvalue weighted by Crippen LogP contribution is -2.42. The van der Waals surface area contributed by atoms with E-state index in [1.807, 2.05) is 6.07 Å². The van der Waals surface area contributed by atoms with Crippen molar-refractivity contribution in [2.24, 2.45) is 0 Å². The molecule has 1 spiro atoms. The van der Waals surface area contributed by atoms with E-state index in [9.17, 15) is 0 Å². The van der Waals surface area contributed by atoms with Gasteiger partial charge in [0.15, 0.2) is 11.5 Å². The molecule has 0 amide bonds. The molecule has 0 aromatic heterocycles. The van der Waals surface area contributed by atoms with Crippen molar-refractivity contribution in [3.05, 3.63) is 17.7 Å². The molecule has 2 aliphatic heterocycles. The standard InChI is InChI=1S/C16H21NO3/c1-2-17-12-9-16(5-3-4-6-16)20-13-8-15-14(7-11(12)13)18-10-19-15/h7-8,12,17H,2-6,9-10H2,1H3. The zero-order chi connectivity index (χ0) is 13.6. The lowest BCUT2D eigenvalue weighted by atomic mass is 9.85. The Morgan fingerprint density at radius 1 is 1.15 bits per heavy atom. The zero-order valence-corrected chi connectivity index (χ0v) is 11.9. The fourth-order valence-electron chi connectivity index (χ4n) is 3.81. The van der Waals surface area contributed by atoms with Gasteiger partial charge < -0.3 is 19.5 Å². The Labute approximate surface area is 119 Å². The molecule has 20 heavy (non-hydrogen) atoms. The Balaban J connectivity index is 1.75. The SMILES string of the molecule is CCNC1CC2(CCCC2)Oc2cc3c(cc21)OCO3. The monoisotopic (exact) mass is 275 g/mol. The third kappa shape index (κ3) is 1.85. The third-order valence-electron chi connectivity index (χ3n) is 4.75. The van der Waals surface area contributed by atoms with Gasteiger partial charge in [-0.3, -0.25) is 0 Å². The molecule has 1 aromatic rings. The molecule has 1 aromatic carbocycles. The highest BCUT2D eigenvalue weighted by Gasteiger charge is 2.43. The highest BCUT2D eigenvalue weighted by Crippen LogP contribution is 2.50. The topological polar surface area (TPSA) is 39.7 Å². The molecule has 1 atom stereocenters.